The molecule has 0 atom stereocenters. The zero-order valence-electron chi connectivity index (χ0n) is 14.4. The third-order valence-corrected chi connectivity index (χ3v) is 6.12. The van der Waals surface area contributed by atoms with Crippen molar-refractivity contribution in [3.05, 3.63) is 46.4 Å². The molecule has 2 aromatic rings. The zero-order valence-corrected chi connectivity index (χ0v) is 16.1. The second kappa shape index (κ2) is 9.94. The molecule has 134 valence electrons. The summed E-state index contributed by atoms with van der Waals surface area (Å²) in [6.45, 7) is 4.25. The van der Waals surface area contributed by atoms with Crippen LogP contribution in [0.3, 0.4) is 0 Å². The van der Waals surface area contributed by atoms with Gasteiger partial charge in [0.2, 0.25) is 0 Å². The maximum atomic E-state index is 12.5. The summed E-state index contributed by atoms with van der Waals surface area (Å²) in [6.07, 6.45) is 5.01. The lowest BCUT2D eigenvalue weighted by Crippen LogP contribution is -2.33. The van der Waals surface area contributed by atoms with Crippen LogP contribution in [-0.4, -0.2) is 42.0 Å². The van der Waals surface area contributed by atoms with Crippen molar-refractivity contribution in [2.45, 2.75) is 36.3 Å². The highest BCUT2D eigenvalue weighted by Gasteiger charge is 2.12. The van der Waals surface area contributed by atoms with Gasteiger partial charge in [0.05, 0.1) is 16.8 Å². The van der Waals surface area contributed by atoms with E-state index in [4.69, 9.17) is 0 Å². The molecule has 0 radical (unpaired) electrons. The highest BCUT2D eigenvalue weighted by Crippen LogP contribution is 2.26. The van der Waals surface area contributed by atoms with Gasteiger partial charge in [-0.3, -0.25) is 4.79 Å². The molecule has 3 rings (SSSR count). The monoisotopic (exact) mass is 375 g/mol. The number of rotatable bonds is 8. The van der Waals surface area contributed by atoms with Gasteiger partial charge in [0.1, 0.15) is 0 Å². The Morgan fingerprint density at radius 2 is 2.08 bits per heavy atom. The number of carbonyl (C=O) groups is 1. The fourth-order valence-corrected chi connectivity index (χ4v) is 4.64. The molecule has 6 heteroatoms. The van der Waals surface area contributed by atoms with Crippen LogP contribution in [0, 0.1) is 0 Å². The van der Waals surface area contributed by atoms with E-state index >= 15 is 0 Å². The Bertz CT molecular complexity index is 654. The first-order valence-corrected chi connectivity index (χ1v) is 10.9. The summed E-state index contributed by atoms with van der Waals surface area (Å²) in [6, 6.07) is 7.83. The molecule has 1 aliphatic rings. The van der Waals surface area contributed by atoms with Crippen molar-refractivity contribution in [2.24, 2.45) is 0 Å². The quantitative estimate of drug-likeness (QED) is 0.559. The lowest BCUT2D eigenvalue weighted by Gasteiger charge is -2.26. The summed E-state index contributed by atoms with van der Waals surface area (Å²) in [5.41, 5.74) is 3.67. The summed E-state index contributed by atoms with van der Waals surface area (Å²) < 4.78 is 0. The molecule has 1 N–H and O–H groups in total. The summed E-state index contributed by atoms with van der Waals surface area (Å²) >= 11 is 3.27. The smallest absolute Gasteiger partial charge is 0.252 e. The Balaban J connectivity index is 1.46. The lowest BCUT2D eigenvalue weighted by molar-refractivity contribution is 0.0948. The van der Waals surface area contributed by atoms with Gasteiger partial charge in [-0.25, -0.2) is 4.98 Å². The fraction of sp³-hybridized carbons (Fsp3) is 0.474. The Hall–Kier alpha value is -1.37. The standard InChI is InChI=1S/C19H25N3OS2/c23-19(20-9-6-12-22-10-4-1-5-11-22)17-7-2-3-8-18(17)25-14-16-13-24-15-21-16/h2-3,7-8,13,15H,1,4-6,9-12,14H2,(H,20,23). The molecule has 0 unspecified atom stereocenters. The molecule has 1 fully saturated rings. The predicted octanol–water partition coefficient (Wildman–Crippen LogP) is 4.04. The number of hydrogen-bond acceptors (Lipinski definition) is 5. The first kappa shape index (κ1) is 18.4. The van der Waals surface area contributed by atoms with Crippen LogP contribution in [0.15, 0.2) is 40.1 Å². The van der Waals surface area contributed by atoms with E-state index in [2.05, 4.69) is 20.6 Å². The molecule has 1 saturated heterocycles. The zero-order chi connectivity index (χ0) is 17.3. The molecule has 0 saturated carbocycles. The Morgan fingerprint density at radius 3 is 2.88 bits per heavy atom. The predicted molar refractivity (Wildman–Crippen MR) is 105 cm³/mol. The summed E-state index contributed by atoms with van der Waals surface area (Å²) in [5, 5.41) is 5.13. The van der Waals surface area contributed by atoms with E-state index in [0.717, 1.165) is 41.4 Å². The largest absolute Gasteiger partial charge is 0.352 e. The maximum Gasteiger partial charge on any atom is 0.252 e. The molecule has 2 heterocycles. The van der Waals surface area contributed by atoms with Gasteiger partial charge in [0.25, 0.3) is 5.91 Å². The van der Waals surface area contributed by atoms with Gasteiger partial charge in [-0.05, 0) is 51.0 Å². The molecule has 1 amide bonds. The molecular formula is C19H25N3OS2. The third kappa shape index (κ3) is 5.83. The van der Waals surface area contributed by atoms with Crippen molar-refractivity contribution in [1.29, 1.82) is 0 Å². The van der Waals surface area contributed by atoms with Crippen molar-refractivity contribution in [3.63, 3.8) is 0 Å². The van der Waals surface area contributed by atoms with Gasteiger partial charge in [-0.1, -0.05) is 18.6 Å². The van der Waals surface area contributed by atoms with Gasteiger partial charge in [-0.2, -0.15) is 0 Å². The minimum atomic E-state index is 0.0278. The Morgan fingerprint density at radius 1 is 1.24 bits per heavy atom. The van der Waals surface area contributed by atoms with Crippen LogP contribution in [0.5, 0.6) is 0 Å². The van der Waals surface area contributed by atoms with Crippen molar-refractivity contribution in [3.8, 4) is 0 Å². The number of nitrogens with zero attached hydrogens (tertiary/aromatic N) is 2. The Labute approximate surface area is 158 Å². The number of thioether (sulfide) groups is 1. The van der Waals surface area contributed by atoms with Crippen LogP contribution >= 0.6 is 23.1 Å². The summed E-state index contributed by atoms with van der Waals surface area (Å²) in [5.74, 6) is 0.822. The molecule has 0 aliphatic carbocycles. The minimum Gasteiger partial charge on any atom is -0.352 e. The number of likely N-dealkylation sites (tertiary alicyclic amines) is 1. The van der Waals surface area contributed by atoms with Crippen LogP contribution in [0.25, 0.3) is 0 Å². The second-order valence-electron chi connectivity index (χ2n) is 6.28. The lowest BCUT2D eigenvalue weighted by atomic mass is 10.1. The first-order chi connectivity index (χ1) is 12.3. The van der Waals surface area contributed by atoms with Crippen LogP contribution in [0.4, 0.5) is 0 Å². The number of benzene rings is 1. The maximum absolute atomic E-state index is 12.5. The number of amides is 1. The average molecular weight is 376 g/mol. The second-order valence-corrected chi connectivity index (χ2v) is 8.01. The molecule has 25 heavy (non-hydrogen) atoms. The van der Waals surface area contributed by atoms with Crippen molar-refractivity contribution >= 4 is 29.0 Å². The minimum absolute atomic E-state index is 0.0278. The third-order valence-electron chi connectivity index (χ3n) is 4.38. The molecular weight excluding hydrogens is 350 g/mol. The van der Waals surface area contributed by atoms with Crippen LogP contribution < -0.4 is 5.32 Å². The number of thiazole rings is 1. The Kier molecular flexibility index (Phi) is 7.33. The van der Waals surface area contributed by atoms with E-state index in [0.29, 0.717) is 0 Å². The summed E-state index contributed by atoms with van der Waals surface area (Å²) in [7, 11) is 0. The van der Waals surface area contributed by atoms with Gasteiger partial charge >= 0.3 is 0 Å². The fourth-order valence-electron chi connectivity index (χ4n) is 3.02. The van der Waals surface area contributed by atoms with Crippen LogP contribution in [0.1, 0.15) is 41.7 Å². The van der Waals surface area contributed by atoms with Gasteiger partial charge in [0.15, 0.2) is 0 Å². The van der Waals surface area contributed by atoms with E-state index in [1.54, 1.807) is 23.1 Å². The van der Waals surface area contributed by atoms with Gasteiger partial charge < -0.3 is 10.2 Å². The first-order valence-electron chi connectivity index (χ1n) is 8.92. The molecule has 1 aromatic carbocycles. The molecule has 4 nitrogen and oxygen atoms in total. The number of carbonyl (C=O) groups excluding carboxylic acids is 1. The highest BCUT2D eigenvalue weighted by molar-refractivity contribution is 7.98. The number of aromatic nitrogens is 1. The number of piperidine rings is 1. The highest BCUT2D eigenvalue weighted by atomic mass is 32.2. The van der Waals surface area contributed by atoms with E-state index in [1.165, 1.54) is 32.4 Å². The van der Waals surface area contributed by atoms with Crippen molar-refractivity contribution in [1.82, 2.24) is 15.2 Å². The van der Waals surface area contributed by atoms with E-state index in [9.17, 15) is 4.79 Å². The van der Waals surface area contributed by atoms with Crippen molar-refractivity contribution in [2.75, 3.05) is 26.2 Å². The van der Waals surface area contributed by atoms with E-state index in [1.807, 2.05) is 29.8 Å². The van der Waals surface area contributed by atoms with Crippen molar-refractivity contribution < 1.29 is 4.79 Å². The van der Waals surface area contributed by atoms with Gasteiger partial charge in [-0.15, -0.1) is 23.1 Å². The molecule has 0 bridgehead atoms. The molecule has 1 aliphatic heterocycles. The normalized spacial score (nSPS) is 15.2. The van der Waals surface area contributed by atoms with Crippen LogP contribution in [0.2, 0.25) is 0 Å². The van der Waals surface area contributed by atoms with Gasteiger partial charge in [0, 0.05) is 22.6 Å². The average Bonchev–Trinajstić information content (AvgIpc) is 3.18. The van der Waals surface area contributed by atoms with E-state index < -0.39 is 0 Å². The molecule has 1 aromatic heterocycles. The van der Waals surface area contributed by atoms with E-state index in [-0.39, 0.29) is 5.91 Å². The topological polar surface area (TPSA) is 45.2 Å². The number of hydrogen-bond donors (Lipinski definition) is 1. The summed E-state index contributed by atoms with van der Waals surface area (Å²) in [4.78, 5) is 20.4. The number of nitrogens with one attached hydrogen (secondary N) is 1. The van der Waals surface area contributed by atoms with Crippen LogP contribution in [-0.2, 0) is 5.75 Å². The SMILES string of the molecule is O=C(NCCCN1CCCCC1)c1ccccc1SCc1cscn1. The molecule has 0 spiro atoms.